The highest BCUT2D eigenvalue weighted by Gasteiger charge is 2.19. The third-order valence-electron chi connectivity index (χ3n) is 9.40. The lowest BCUT2D eigenvalue weighted by atomic mass is 9.99. The van der Waals surface area contributed by atoms with E-state index in [2.05, 4.69) is 27.7 Å². The third kappa shape index (κ3) is 34.1. The Hall–Kier alpha value is -1.59. The lowest BCUT2D eigenvalue weighted by molar-refractivity contribution is -0.167. The van der Waals surface area contributed by atoms with E-state index in [4.69, 9.17) is 14.2 Å². The quantitative estimate of drug-likeness (QED) is 0.0376. The van der Waals surface area contributed by atoms with Gasteiger partial charge in [-0.05, 0) is 25.2 Å². The van der Waals surface area contributed by atoms with Crippen LogP contribution in [0.3, 0.4) is 0 Å². The van der Waals surface area contributed by atoms with Crippen LogP contribution in [0.1, 0.15) is 220 Å². The van der Waals surface area contributed by atoms with Crippen LogP contribution in [-0.4, -0.2) is 37.2 Å². The Labute approximate surface area is 291 Å². The first-order chi connectivity index (χ1) is 22.9. The summed E-state index contributed by atoms with van der Waals surface area (Å²) < 4.78 is 16.5. The van der Waals surface area contributed by atoms with Crippen LogP contribution in [0.4, 0.5) is 0 Å². The first-order valence-electron chi connectivity index (χ1n) is 20.4. The van der Waals surface area contributed by atoms with Crippen molar-refractivity contribution < 1.29 is 28.6 Å². The van der Waals surface area contributed by atoms with Gasteiger partial charge in [0.1, 0.15) is 13.2 Å². The molecule has 6 nitrogen and oxygen atoms in total. The van der Waals surface area contributed by atoms with Crippen LogP contribution in [0.5, 0.6) is 0 Å². The maximum absolute atomic E-state index is 12.6. The molecule has 0 aromatic heterocycles. The first kappa shape index (κ1) is 45.4. The van der Waals surface area contributed by atoms with Gasteiger partial charge in [0, 0.05) is 19.3 Å². The average molecular weight is 667 g/mol. The zero-order valence-corrected chi connectivity index (χ0v) is 31.7. The van der Waals surface area contributed by atoms with Crippen molar-refractivity contribution in [3.05, 3.63) is 0 Å². The number of carbonyl (C=O) groups excluding carboxylic acids is 3. The molecule has 2 atom stereocenters. The summed E-state index contributed by atoms with van der Waals surface area (Å²) in [7, 11) is 0. The van der Waals surface area contributed by atoms with Crippen molar-refractivity contribution in [2.75, 3.05) is 13.2 Å². The monoisotopic (exact) mass is 667 g/mol. The Morgan fingerprint density at radius 1 is 0.426 bits per heavy atom. The van der Waals surface area contributed by atoms with Crippen LogP contribution in [0, 0.1) is 5.92 Å². The van der Waals surface area contributed by atoms with Gasteiger partial charge >= 0.3 is 17.9 Å². The minimum atomic E-state index is -0.756. The van der Waals surface area contributed by atoms with Crippen LogP contribution in [-0.2, 0) is 28.6 Å². The van der Waals surface area contributed by atoms with Crippen molar-refractivity contribution in [3.8, 4) is 0 Å². The van der Waals surface area contributed by atoms with Crippen molar-refractivity contribution in [1.29, 1.82) is 0 Å². The number of unbranched alkanes of at least 4 members (excludes halogenated alkanes) is 22. The smallest absolute Gasteiger partial charge is 0.306 e. The zero-order chi connectivity index (χ0) is 34.6. The molecule has 278 valence electrons. The maximum atomic E-state index is 12.6. The highest BCUT2D eigenvalue weighted by molar-refractivity contribution is 5.71. The van der Waals surface area contributed by atoms with E-state index in [0.717, 1.165) is 70.1 Å². The molecule has 0 radical (unpaired) electrons. The summed E-state index contributed by atoms with van der Waals surface area (Å²) in [5.74, 6) is -0.00686. The molecule has 0 saturated heterocycles. The molecular formula is C41H78O6. The van der Waals surface area contributed by atoms with Gasteiger partial charge < -0.3 is 14.2 Å². The predicted octanol–water partition coefficient (Wildman–Crippen LogP) is 12.4. The summed E-state index contributed by atoms with van der Waals surface area (Å²) in [6, 6.07) is 0. The topological polar surface area (TPSA) is 78.9 Å². The summed E-state index contributed by atoms with van der Waals surface area (Å²) >= 11 is 0. The van der Waals surface area contributed by atoms with E-state index in [0.29, 0.717) is 19.3 Å². The standard InChI is InChI=1S/C41H78O6/c1-5-8-10-12-13-14-18-22-26-30-34-41(44)47-38(35-45-39(42)32-28-23-11-9-6-2)36-46-40(43)33-29-25-21-19-16-15-17-20-24-27-31-37(4)7-3/h37-38H,5-36H2,1-4H3/t37?,38-/m0/s1. The molecule has 0 heterocycles. The van der Waals surface area contributed by atoms with E-state index in [9.17, 15) is 14.4 Å². The van der Waals surface area contributed by atoms with Gasteiger partial charge in [-0.3, -0.25) is 14.4 Å². The number of ether oxygens (including phenoxy) is 3. The molecule has 1 unspecified atom stereocenters. The number of carbonyl (C=O) groups is 3. The van der Waals surface area contributed by atoms with Gasteiger partial charge in [0.05, 0.1) is 0 Å². The number of hydrogen-bond donors (Lipinski definition) is 0. The largest absolute Gasteiger partial charge is 0.462 e. The molecule has 0 bridgehead atoms. The maximum Gasteiger partial charge on any atom is 0.306 e. The molecule has 0 rings (SSSR count). The van der Waals surface area contributed by atoms with Gasteiger partial charge in [-0.1, -0.05) is 182 Å². The number of rotatable bonds is 36. The average Bonchev–Trinajstić information content (AvgIpc) is 3.06. The number of hydrogen-bond acceptors (Lipinski definition) is 6. The van der Waals surface area contributed by atoms with Crippen LogP contribution in [0.25, 0.3) is 0 Å². The summed E-state index contributed by atoms with van der Waals surface area (Å²) in [6.07, 6.45) is 32.5. The second-order valence-corrected chi connectivity index (χ2v) is 14.2. The Bertz CT molecular complexity index is 708. The molecule has 0 aliphatic heterocycles. The van der Waals surface area contributed by atoms with Crippen molar-refractivity contribution in [1.82, 2.24) is 0 Å². The van der Waals surface area contributed by atoms with Gasteiger partial charge in [0.25, 0.3) is 0 Å². The van der Waals surface area contributed by atoms with Crippen molar-refractivity contribution >= 4 is 17.9 Å². The Morgan fingerprint density at radius 3 is 1.11 bits per heavy atom. The summed E-state index contributed by atoms with van der Waals surface area (Å²) in [5, 5.41) is 0. The lowest BCUT2D eigenvalue weighted by Gasteiger charge is -2.18. The van der Waals surface area contributed by atoms with E-state index in [1.807, 2.05) is 0 Å². The second-order valence-electron chi connectivity index (χ2n) is 14.2. The SMILES string of the molecule is CCCCCCCCCCCCC(=O)O[C@@H](COC(=O)CCCCCCC)COC(=O)CCCCCCCCCCCCC(C)CC. The zero-order valence-electron chi connectivity index (χ0n) is 31.7. The summed E-state index contributed by atoms with van der Waals surface area (Å²) in [4.78, 5) is 37.3. The van der Waals surface area contributed by atoms with Gasteiger partial charge in [-0.2, -0.15) is 0 Å². The molecule has 6 heteroatoms. The molecular weight excluding hydrogens is 588 g/mol. The highest BCUT2D eigenvalue weighted by atomic mass is 16.6. The molecule has 0 aromatic carbocycles. The molecule has 0 aromatic rings. The Balaban J connectivity index is 4.23. The Kier molecular flexibility index (Phi) is 34.5. The fourth-order valence-corrected chi connectivity index (χ4v) is 5.89. The van der Waals surface area contributed by atoms with Crippen LogP contribution in [0.15, 0.2) is 0 Å². The molecule has 0 amide bonds. The van der Waals surface area contributed by atoms with Crippen LogP contribution >= 0.6 is 0 Å². The van der Waals surface area contributed by atoms with Crippen molar-refractivity contribution in [2.45, 2.75) is 226 Å². The highest BCUT2D eigenvalue weighted by Crippen LogP contribution is 2.16. The summed E-state index contributed by atoms with van der Waals surface area (Å²) in [6.45, 7) is 8.90. The lowest BCUT2D eigenvalue weighted by Crippen LogP contribution is -2.30. The molecule has 0 N–H and O–H groups in total. The van der Waals surface area contributed by atoms with Gasteiger partial charge in [-0.15, -0.1) is 0 Å². The minimum Gasteiger partial charge on any atom is -0.462 e. The van der Waals surface area contributed by atoms with Crippen LogP contribution in [0.2, 0.25) is 0 Å². The second kappa shape index (κ2) is 35.7. The molecule has 0 aliphatic carbocycles. The van der Waals surface area contributed by atoms with Gasteiger partial charge in [0.2, 0.25) is 0 Å². The Morgan fingerprint density at radius 2 is 0.745 bits per heavy atom. The first-order valence-corrected chi connectivity index (χ1v) is 20.4. The van der Waals surface area contributed by atoms with Crippen LogP contribution < -0.4 is 0 Å². The molecule has 47 heavy (non-hydrogen) atoms. The van der Waals surface area contributed by atoms with E-state index in [1.165, 1.54) is 109 Å². The van der Waals surface area contributed by atoms with Gasteiger partial charge in [0.15, 0.2) is 6.10 Å². The van der Waals surface area contributed by atoms with E-state index in [1.54, 1.807) is 0 Å². The van der Waals surface area contributed by atoms with E-state index < -0.39 is 6.10 Å². The number of esters is 3. The summed E-state index contributed by atoms with van der Waals surface area (Å²) in [5.41, 5.74) is 0. The van der Waals surface area contributed by atoms with E-state index >= 15 is 0 Å². The normalized spacial score (nSPS) is 12.5. The molecule has 0 fully saturated rings. The fourth-order valence-electron chi connectivity index (χ4n) is 5.89. The fraction of sp³-hybridized carbons (Fsp3) is 0.927. The molecule has 0 saturated carbocycles. The van der Waals surface area contributed by atoms with E-state index in [-0.39, 0.29) is 31.1 Å². The van der Waals surface area contributed by atoms with Gasteiger partial charge in [-0.25, -0.2) is 0 Å². The predicted molar refractivity (Wildman–Crippen MR) is 196 cm³/mol. The van der Waals surface area contributed by atoms with Crippen molar-refractivity contribution in [3.63, 3.8) is 0 Å². The molecule has 0 spiro atoms. The minimum absolute atomic E-state index is 0.0657. The third-order valence-corrected chi connectivity index (χ3v) is 9.40. The molecule has 0 aliphatic rings. The van der Waals surface area contributed by atoms with Crippen molar-refractivity contribution in [2.24, 2.45) is 5.92 Å².